The molecule has 34 heavy (non-hydrogen) atoms. The van der Waals surface area contributed by atoms with Crippen molar-refractivity contribution >= 4 is 40.5 Å². The van der Waals surface area contributed by atoms with Gasteiger partial charge in [0.1, 0.15) is 11.7 Å². The van der Waals surface area contributed by atoms with Crippen LogP contribution in [-0.2, 0) is 26.7 Å². The van der Waals surface area contributed by atoms with Crippen LogP contribution in [0.5, 0.6) is 0 Å². The highest BCUT2D eigenvalue weighted by molar-refractivity contribution is 6.33. The molecule has 15 heteroatoms. The van der Waals surface area contributed by atoms with E-state index in [2.05, 4.69) is 5.32 Å². The van der Waals surface area contributed by atoms with Gasteiger partial charge in [-0.3, -0.25) is 14.9 Å². The first-order valence-electron chi connectivity index (χ1n) is 9.05. The van der Waals surface area contributed by atoms with Crippen LogP contribution in [-0.4, -0.2) is 29.4 Å². The van der Waals surface area contributed by atoms with Crippen molar-refractivity contribution in [3.05, 3.63) is 62.7 Å². The minimum Gasteiger partial charge on any atom is -0.454 e. The molecule has 2 aromatic carbocycles. The average Bonchev–Trinajstić information content (AvgIpc) is 2.72. The number of ether oxygens (including phenoxy) is 1. The quantitative estimate of drug-likeness (QED) is 0.226. The van der Waals surface area contributed by atoms with Crippen LogP contribution in [0.25, 0.3) is 0 Å². The number of esters is 1. The van der Waals surface area contributed by atoms with Gasteiger partial charge in [-0.1, -0.05) is 11.6 Å². The lowest BCUT2D eigenvalue weighted by molar-refractivity contribution is -0.384. The van der Waals surface area contributed by atoms with Gasteiger partial charge in [0.05, 0.1) is 26.8 Å². The monoisotopic (exact) mass is 513 g/mol. The Labute approximate surface area is 192 Å². The second-order valence-corrected chi connectivity index (χ2v) is 7.11. The number of nitrogens with zero attached hydrogens (tertiary/aromatic N) is 1. The van der Waals surface area contributed by atoms with Gasteiger partial charge in [-0.05, 0) is 37.3 Å². The van der Waals surface area contributed by atoms with E-state index >= 15 is 0 Å². The second-order valence-electron chi connectivity index (χ2n) is 6.70. The van der Waals surface area contributed by atoms with Gasteiger partial charge in [0.15, 0.2) is 6.61 Å². The van der Waals surface area contributed by atoms with E-state index in [-0.39, 0.29) is 16.8 Å². The van der Waals surface area contributed by atoms with Crippen molar-refractivity contribution in [3.63, 3.8) is 0 Å². The normalized spacial score (nSPS) is 12.6. The number of nitro benzene ring substituents is 1. The highest BCUT2D eigenvalue weighted by Gasteiger charge is 2.34. The van der Waals surface area contributed by atoms with E-state index in [0.717, 1.165) is 19.1 Å². The summed E-state index contributed by atoms with van der Waals surface area (Å²) in [6, 6.07) is 2.45. The van der Waals surface area contributed by atoms with E-state index in [0.29, 0.717) is 18.2 Å². The minimum absolute atomic E-state index is 0.211. The molecule has 0 aliphatic carbocycles. The van der Waals surface area contributed by atoms with Gasteiger partial charge in [-0.15, -0.1) is 0 Å². The maximum Gasteiger partial charge on any atom is 0.416 e. The molecule has 0 radical (unpaired) electrons. The van der Waals surface area contributed by atoms with E-state index < -0.39 is 64.3 Å². The average molecular weight is 514 g/mol. The Hall–Kier alpha value is -3.55. The number of halogens is 7. The van der Waals surface area contributed by atoms with E-state index in [1.807, 2.05) is 5.32 Å². The lowest BCUT2D eigenvalue weighted by atomic mass is 10.1. The highest BCUT2D eigenvalue weighted by atomic mass is 35.5. The summed E-state index contributed by atoms with van der Waals surface area (Å²) in [5.74, 6) is -2.17. The molecule has 0 aliphatic rings. The van der Waals surface area contributed by atoms with Gasteiger partial charge in [0.25, 0.3) is 11.6 Å². The summed E-state index contributed by atoms with van der Waals surface area (Å²) in [5, 5.41) is 15.3. The summed E-state index contributed by atoms with van der Waals surface area (Å²) in [7, 11) is 0. The summed E-state index contributed by atoms with van der Waals surface area (Å²) in [5.41, 5.74) is -4.11. The van der Waals surface area contributed by atoms with Crippen molar-refractivity contribution in [3.8, 4) is 0 Å². The zero-order valence-electron chi connectivity index (χ0n) is 16.9. The van der Waals surface area contributed by atoms with Gasteiger partial charge in [-0.25, -0.2) is 4.79 Å². The molecule has 0 aliphatic heterocycles. The highest BCUT2D eigenvalue weighted by Crippen LogP contribution is 2.35. The summed E-state index contributed by atoms with van der Waals surface area (Å²) in [6.45, 7) is 0.206. The van der Waals surface area contributed by atoms with Crippen molar-refractivity contribution in [2.24, 2.45) is 0 Å². The van der Waals surface area contributed by atoms with Gasteiger partial charge in [0, 0.05) is 6.07 Å². The molecule has 184 valence electrons. The second kappa shape index (κ2) is 10.2. The van der Waals surface area contributed by atoms with E-state index in [4.69, 9.17) is 16.3 Å². The number of carbonyl (C=O) groups is 2. The fourth-order valence-electron chi connectivity index (χ4n) is 2.52. The molecule has 0 heterocycles. The molecule has 2 rings (SSSR count). The summed E-state index contributed by atoms with van der Waals surface area (Å²) >= 11 is 5.75. The number of nitrogens with one attached hydrogen (secondary N) is 2. The Morgan fingerprint density at radius 2 is 1.59 bits per heavy atom. The summed E-state index contributed by atoms with van der Waals surface area (Å²) < 4.78 is 81.4. The van der Waals surface area contributed by atoms with Gasteiger partial charge in [0.2, 0.25) is 0 Å². The van der Waals surface area contributed by atoms with Crippen LogP contribution in [0.15, 0.2) is 36.4 Å². The number of carbonyl (C=O) groups excluding carboxylic acids is 2. The lowest BCUT2D eigenvalue weighted by Crippen LogP contribution is -2.31. The summed E-state index contributed by atoms with van der Waals surface area (Å²) in [6.07, 6.45) is -9.53. The molecular weight excluding hydrogens is 500 g/mol. The SMILES string of the molecule is C[C@H](Nc1ccc(C(F)(F)F)cc1[N+](=O)[O-])C(=O)OCC(=O)Nc1cc(C(F)(F)F)ccc1Cl. The van der Waals surface area contributed by atoms with Crippen LogP contribution in [0.4, 0.5) is 43.4 Å². The molecule has 0 saturated heterocycles. The third kappa shape index (κ3) is 6.97. The number of anilines is 2. The predicted molar refractivity (Wildman–Crippen MR) is 107 cm³/mol. The lowest BCUT2D eigenvalue weighted by Gasteiger charge is -2.16. The van der Waals surface area contributed by atoms with Crippen molar-refractivity contribution in [1.29, 1.82) is 0 Å². The first-order valence-corrected chi connectivity index (χ1v) is 9.42. The third-order valence-corrected chi connectivity index (χ3v) is 4.49. The summed E-state index contributed by atoms with van der Waals surface area (Å²) in [4.78, 5) is 34.0. The predicted octanol–water partition coefficient (Wildman–Crippen LogP) is 5.27. The van der Waals surface area contributed by atoms with Gasteiger partial charge >= 0.3 is 18.3 Å². The number of rotatable bonds is 7. The van der Waals surface area contributed by atoms with Crippen LogP contribution < -0.4 is 10.6 Å². The van der Waals surface area contributed by atoms with Crippen LogP contribution >= 0.6 is 11.6 Å². The molecule has 0 bridgehead atoms. The number of alkyl halides is 6. The fraction of sp³-hybridized carbons (Fsp3) is 0.263. The zero-order valence-corrected chi connectivity index (χ0v) is 17.6. The van der Waals surface area contributed by atoms with Crippen molar-refractivity contribution in [2.45, 2.75) is 25.3 Å². The first kappa shape index (κ1) is 26.7. The smallest absolute Gasteiger partial charge is 0.416 e. The van der Waals surface area contributed by atoms with Crippen LogP contribution in [0, 0.1) is 10.1 Å². The number of hydrogen-bond donors (Lipinski definition) is 2. The minimum atomic E-state index is -4.83. The molecule has 0 saturated carbocycles. The third-order valence-electron chi connectivity index (χ3n) is 4.16. The Morgan fingerprint density at radius 3 is 2.15 bits per heavy atom. The molecule has 0 aromatic heterocycles. The number of hydrogen-bond acceptors (Lipinski definition) is 6. The van der Waals surface area contributed by atoms with Crippen LogP contribution in [0.3, 0.4) is 0 Å². The Kier molecular flexibility index (Phi) is 7.97. The van der Waals surface area contributed by atoms with Crippen molar-refractivity contribution in [1.82, 2.24) is 0 Å². The number of amides is 1. The molecule has 1 atom stereocenters. The Bertz CT molecular complexity index is 1110. The molecule has 8 nitrogen and oxygen atoms in total. The molecule has 2 aromatic rings. The zero-order chi connectivity index (χ0) is 25.8. The maximum absolute atomic E-state index is 12.8. The largest absolute Gasteiger partial charge is 0.454 e. The Balaban J connectivity index is 2.02. The van der Waals surface area contributed by atoms with Crippen molar-refractivity contribution in [2.75, 3.05) is 17.2 Å². The Morgan fingerprint density at radius 1 is 1.03 bits per heavy atom. The van der Waals surface area contributed by atoms with Crippen LogP contribution in [0.2, 0.25) is 5.02 Å². The molecular formula is C19H14ClF6N3O5. The molecule has 2 N–H and O–H groups in total. The fourth-order valence-corrected chi connectivity index (χ4v) is 2.68. The van der Waals surface area contributed by atoms with Crippen molar-refractivity contribution < 1.29 is 45.6 Å². The molecule has 0 spiro atoms. The van der Waals surface area contributed by atoms with E-state index in [1.54, 1.807) is 0 Å². The van der Waals surface area contributed by atoms with E-state index in [1.165, 1.54) is 0 Å². The number of benzene rings is 2. The standard InChI is InChI=1S/C19H14ClF6N3O5/c1-9(27-13-5-3-11(19(24,25)26)7-15(13)29(32)33)17(31)34-8-16(30)28-14-6-10(18(21,22)23)2-4-12(14)20/h2-7,9,27H,8H2,1H3,(H,28,30)/t9-/m0/s1. The maximum atomic E-state index is 12.8. The molecule has 0 unspecified atom stereocenters. The van der Waals surface area contributed by atoms with Crippen LogP contribution in [0.1, 0.15) is 18.1 Å². The van der Waals surface area contributed by atoms with Gasteiger partial charge < -0.3 is 15.4 Å². The molecule has 1 amide bonds. The molecule has 0 fully saturated rings. The first-order chi connectivity index (χ1) is 15.6. The van der Waals surface area contributed by atoms with Gasteiger partial charge in [-0.2, -0.15) is 26.3 Å². The number of nitro groups is 1. The topological polar surface area (TPSA) is 111 Å². The van der Waals surface area contributed by atoms with E-state index in [9.17, 15) is 46.0 Å².